The van der Waals surface area contributed by atoms with Gasteiger partial charge in [-0.05, 0) is 17.7 Å². The van der Waals surface area contributed by atoms with E-state index in [4.69, 9.17) is 0 Å². The molecule has 0 bridgehead atoms. The van der Waals surface area contributed by atoms with Gasteiger partial charge in [0.2, 0.25) is 5.91 Å². The molecule has 0 aliphatic heterocycles. The normalized spacial score (nSPS) is 10.4. The number of benzene rings is 2. The number of rotatable bonds is 5. The zero-order chi connectivity index (χ0) is 17.8. The van der Waals surface area contributed by atoms with Gasteiger partial charge in [0.1, 0.15) is 9.88 Å². The minimum Gasteiger partial charge on any atom is -0.477 e. The van der Waals surface area contributed by atoms with Gasteiger partial charge in [-0.2, -0.15) is 0 Å². The predicted octanol–water partition coefficient (Wildman–Crippen LogP) is 4.06. The zero-order valence-electron chi connectivity index (χ0n) is 13.5. The molecule has 0 radical (unpaired) electrons. The molecular formula is C19H16N2O3S. The van der Waals surface area contributed by atoms with Gasteiger partial charge in [0, 0.05) is 24.6 Å². The Morgan fingerprint density at radius 1 is 1.12 bits per heavy atom. The van der Waals surface area contributed by atoms with E-state index < -0.39 is 5.97 Å². The van der Waals surface area contributed by atoms with Gasteiger partial charge in [-0.3, -0.25) is 4.79 Å². The minimum atomic E-state index is -0.979. The van der Waals surface area contributed by atoms with Crippen LogP contribution in [-0.2, 0) is 11.2 Å². The third kappa shape index (κ3) is 4.10. The highest BCUT2D eigenvalue weighted by atomic mass is 32.1. The number of aromatic nitrogens is 1. The standard InChI is InChI=1S/C19H16N2O3S/c1-12(22)20-15-9-5-8-14(11-15)18-21-16(17(25-18)19(23)24)10-13-6-3-2-4-7-13/h2-9,11H,10H2,1H3,(H,20,22)(H,23,24). The molecule has 25 heavy (non-hydrogen) atoms. The third-order valence-corrected chi connectivity index (χ3v) is 4.67. The van der Waals surface area contributed by atoms with Crippen LogP contribution in [0.5, 0.6) is 0 Å². The molecule has 5 nitrogen and oxygen atoms in total. The van der Waals surface area contributed by atoms with Gasteiger partial charge < -0.3 is 10.4 Å². The van der Waals surface area contributed by atoms with Gasteiger partial charge in [0.25, 0.3) is 0 Å². The summed E-state index contributed by atoms with van der Waals surface area (Å²) < 4.78 is 0. The van der Waals surface area contributed by atoms with Gasteiger partial charge in [0.05, 0.1) is 5.69 Å². The molecule has 0 aliphatic carbocycles. The van der Waals surface area contributed by atoms with Crippen molar-refractivity contribution in [1.82, 2.24) is 4.98 Å². The molecule has 0 saturated heterocycles. The predicted molar refractivity (Wildman–Crippen MR) is 98.1 cm³/mol. The Morgan fingerprint density at radius 2 is 1.88 bits per heavy atom. The second-order valence-corrected chi connectivity index (χ2v) is 6.52. The van der Waals surface area contributed by atoms with Crippen molar-refractivity contribution in [3.63, 3.8) is 0 Å². The molecule has 0 aliphatic rings. The highest BCUT2D eigenvalue weighted by Crippen LogP contribution is 2.31. The van der Waals surface area contributed by atoms with E-state index in [1.54, 1.807) is 18.2 Å². The fraction of sp³-hybridized carbons (Fsp3) is 0.105. The largest absolute Gasteiger partial charge is 0.477 e. The second kappa shape index (κ2) is 7.27. The topological polar surface area (TPSA) is 79.3 Å². The maximum atomic E-state index is 11.6. The molecule has 3 rings (SSSR count). The molecular weight excluding hydrogens is 336 g/mol. The number of hydrogen-bond acceptors (Lipinski definition) is 4. The summed E-state index contributed by atoms with van der Waals surface area (Å²) in [6, 6.07) is 16.9. The minimum absolute atomic E-state index is 0.160. The first-order valence-corrected chi connectivity index (χ1v) is 8.49. The molecule has 1 aromatic heterocycles. The average Bonchev–Trinajstić information content (AvgIpc) is 2.99. The fourth-order valence-electron chi connectivity index (χ4n) is 2.48. The van der Waals surface area contributed by atoms with E-state index in [-0.39, 0.29) is 10.8 Å². The lowest BCUT2D eigenvalue weighted by molar-refractivity contribution is -0.114. The summed E-state index contributed by atoms with van der Waals surface area (Å²) in [6.07, 6.45) is 0.463. The van der Waals surface area contributed by atoms with Gasteiger partial charge in [-0.1, -0.05) is 42.5 Å². The first-order chi connectivity index (χ1) is 12.0. The quantitative estimate of drug-likeness (QED) is 0.726. The van der Waals surface area contributed by atoms with Gasteiger partial charge in [0.15, 0.2) is 0 Å². The van der Waals surface area contributed by atoms with Crippen molar-refractivity contribution in [2.75, 3.05) is 5.32 Å². The van der Waals surface area contributed by atoms with E-state index in [2.05, 4.69) is 10.3 Å². The molecule has 0 saturated carbocycles. The molecule has 0 fully saturated rings. The molecule has 126 valence electrons. The SMILES string of the molecule is CC(=O)Nc1cccc(-c2nc(Cc3ccccc3)c(C(=O)O)s2)c1. The number of thiazole rings is 1. The van der Waals surface area contributed by atoms with Crippen LogP contribution in [0.25, 0.3) is 10.6 Å². The van der Waals surface area contributed by atoms with Crippen molar-refractivity contribution in [2.45, 2.75) is 13.3 Å². The van der Waals surface area contributed by atoms with Crippen molar-refractivity contribution in [2.24, 2.45) is 0 Å². The van der Waals surface area contributed by atoms with E-state index in [9.17, 15) is 14.7 Å². The van der Waals surface area contributed by atoms with Gasteiger partial charge in [-0.25, -0.2) is 9.78 Å². The van der Waals surface area contributed by atoms with E-state index in [0.717, 1.165) is 22.5 Å². The number of hydrogen-bond donors (Lipinski definition) is 2. The summed E-state index contributed by atoms with van der Waals surface area (Å²) in [6.45, 7) is 1.44. The van der Waals surface area contributed by atoms with Crippen LogP contribution in [0, 0.1) is 0 Å². The molecule has 6 heteroatoms. The lowest BCUT2D eigenvalue weighted by Gasteiger charge is -2.03. The Morgan fingerprint density at radius 3 is 2.56 bits per heavy atom. The number of carbonyl (C=O) groups excluding carboxylic acids is 1. The molecule has 3 aromatic rings. The fourth-order valence-corrected chi connectivity index (χ4v) is 3.40. The van der Waals surface area contributed by atoms with Crippen molar-refractivity contribution in [3.05, 3.63) is 70.7 Å². The van der Waals surface area contributed by atoms with E-state index in [0.29, 0.717) is 22.8 Å². The van der Waals surface area contributed by atoms with Crippen molar-refractivity contribution >= 4 is 28.9 Å². The molecule has 2 N–H and O–H groups in total. The smallest absolute Gasteiger partial charge is 0.347 e. The monoisotopic (exact) mass is 352 g/mol. The summed E-state index contributed by atoms with van der Waals surface area (Å²) in [5, 5.41) is 12.8. The van der Waals surface area contributed by atoms with Crippen LogP contribution in [0.15, 0.2) is 54.6 Å². The number of anilines is 1. The summed E-state index contributed by atoms with van der Waals surface area (Å²) in [4.78, 5) is 27.6. The first kappa shape index (κ1) is 16.9. The van der Waals surface area contributed by atoms with Gasteiger partial charge >= 0.3 is 5.97 Å². The number of carboxylic acids is 1. The molecule has 1 amide bonds. The van der Waals surface area contributed by atoms with Crippen LogP contribution >= 0.6 is 11.3 Å². The Labute approximate surface area is 149 Å². The van der Waals surface area contributed by atoms with Crippen LogP contribution in [0.1, 0.15) is 27.9 Å². The Hall–Kier alpha value is -2.99. The second-order valence-electron chi connectivity index (χ2n) is 5.52. The number of amides is 1. The number of carbonyl (C=O) groups is 2. The lowest BCUT2D eigenvalue weighted by atomic mass is 10.1. The maximum absolute atomic E-state index is 11.6. The third-order valence-electron chi connectivity index (χ3n) is 3.54. The summed E-state index contributed by atoms with van der Waals surface area (Å²) in [7, 11) is 0. The average molecular weight is 352 g/mol. The summed E-state index contributed by atoms with van der Waals surface area (Å²) in [5.74, 6) is -1.14. The summed E-state index contributed by atoms with van der Waals surface area (Å²) in [5.41, 5.74) is 2.98. The van der Waals surface area contributed by atoms with Crippen LogP contribution in [0.3, 0.4) is 0 Å². The number of nitrogens with one attached hydrogen (secondary N) is 1. The summed E-state index contributed by atoms with van der Waals surface area (Å²) >= 11 is 1.14. The van der Waals surface area contributed by atoms with Crippen molar-refractivity contribution < 1.29 is 14.7 Å². The molecule has 1 heterocycles. The zero-order valence-corrected chi connectivity index (χ0v) is 14.3. The highest BCUT2D eigenvalue weighted by Gasteiger charge is 2.18. The van der Waals surface area contributed by atoms with Gasteiger partial charge in [-0.15, -0.1) is 11.3 Å². The molecule has 0 unspecified atom stereocenters. The van der Waals surface area contributed by atoms with E-state index in [1.807, 2.05) is 36.4 Å². The van der Waals surface area contributed by atoms with Crippen molar-refractivity contribution in [3.8, 4) is 10.6 Å². The maximum Gasteiger partial charge on any atom is 0.347 e. The molecule has 2 aromatic carbocycles. The Balaban J connectivity index is 1.96. The Kier molecular flexibility index (Phi) is 4.90. The van der Waals surface area contributed by atoms with E-state index >= 15 is 0 Å². The van der Waals surface area contributed by atoms with Crippen LogP contribution < -0.4 is 5.32 Å². The number of aromatic carboxylic acids is 1. The van der Waals surface area contributed by atoms with Crippen LogP contribution in [0.4, 0.5) is 5.69 Å². The molecule has 0 atom stereocenters. The van der Waals surface area contributed by atoms with Crippen LogP contribution in [0.2, 0.25) is 0 Å². The van der Waals surface area contributed by atoms with Crippen LogP contribution in [-0.4, -0.2) is 22.0 Å². The number of carboxylic acid groups (broad SMARTS) is 1. The first-order valence-electron chi connectivity index (χ1n) is 7.68. The highest BCUT2D eigenvalue weighted by molar-refractivity contribution is 7.17. The van der Waals surface area contributed by atoms with Crippen molar-refractivity contribution in [1.29, 1.82) is 0 Å². The van der Waals surface area contributed by atoms with E-state index in [1.165, 1.54) is 6.92 Å². The number of nitrogens with zero attached hydrogens (tertiary/aromatic N) is 1. The Bertz CT molecular complexity index is 919. The molecule has 0 spiro atoms. The lowest BCUT2D eigenvalue weighted by Crippen LogP contribution is -2.05.